The number of amides is 1. The second-order valence-electron chi connectivity index (χ2n) is 6.07. The fourth-order valence-corrected chi connectivity index (χ4v) is 3.09. The lowest BCUT2D eigenvalue weighted by Gasteiger charge is -2.16. The predicted molar refractivity (Wildman–Crippen MR) is 84.2 cm³/mol. The standard InChI is InChI=1S/C18H18F2N2O2/c19-15-8-16(20)17(21-9-15)18(24)22-5-4-13(10-22)6-12-2-1-3-14(7-12)11-23/h1-3,7-9,13,23H,4-6,10-11H2/t13-/m1/s1. The first-order valence-corrected chi connectivity index (χ1v) is 7.86. The highest BCUT2D eigenvalue weighted by atomic mass is 19.1. The first kappa shape index (κ1) is 16.5. The Balaban J connectivity index is 1.65. The highest BCUT2D eigenvalue weighted by molar-refractivity contribution is 5.92. The van der Waals surface area contributed by atoms with E-state index in [1.807, 2.05) is 24.3 Å². The van der Waals surface area contributed by atoms with Crippen LogP contribution in [0.4, 0.5) is 8.78 Å². The molecule has 1 aromatic heterocycles. The van der Waals surface area contributed by atoms with Gasteiger partial charge in [0.1, 0.15) is 5.82 Å². The number of aliphatic hydroxyl groups excluding tert-OH is 1. The third kappa shape index (κ3) is 3.59. The maximum atomic E-state index is 13.7. The van der Waals surface area contributed by atoms with Crippen LogP contribution in [0, 0.1) is 17.6 Å². The minimum atomic E-state index is -0.931. The topological polar surface area (TPSA) is 53.4 Å². The van der Waals surface area contributed by atoms with Crippen LogP contribution in [0.15, 0.2) is 36.5 Å². The molecule has 1 atom stereocenters. The monoisotopic (exact) mass is 332 g/mol. The quantitative estimate of drug-likeness (QED) is 0.936. The average molecular weight is 332 g/mol. The molecule has 1 aromatic carbocycles. The van der Waals surface area contributed by atoms with Crippen LogP contribution in [0.2, 0.25) is 0 Å². The van der Waals surface area contributed by atoms with Gasteiger partial charge in [0.05, 0.1) is 12.8 Å². The maximum Gasteiger partial charge on any atom is 0.275 e. The van der Waals surface area contributed by atoms with Gasteiger partial charge in [0.2, 0.25) is 0 Å². The van der Waals surface area contributed by atoms with Crippen molar-refractivity contribution in [2.24, 2.45) is 5.92 Å². The summed E-state index contributed by atoms with van der Waals surface area (Å²) in [5.41, 5.74) is 1.63. The summed E-state index contributed by atoms with van der Waals surface area (Å²) in [5, 5.41) is 9.19. The number of carbonyl (C=O) groups excluding carboxylic acids is 1. The molecule has 0 bridgehead atoms. The molecular weight excluding hydrogens is 314 g/mol. The Kier molecular flexibility index (Phi) is 4.85. The molecule has 0 unspecified atom stereocenters. The van der Waals surface area contributed by atoms with E-state index in [-0.39, 0.29) is 18.2 Å². The molecule has 2 aromatic rings. The number of rotatable bonds is 4. The molecule has 1 aliphatic rings. The van der Waals surface area contributed by atoms with Crippen molar-refractivity contribution < 1.29 is 18.7 Å². The summed E-state index contributed by atoms with van der Waals surface area (Å²) < 4.78 is 26.6. The van der Waals surface area contributed by atoms with E-state index in [4.69, 9.17) is 0 Å². The molecule has 0 saturated carbocycles. The van der Waals surface area contributed by atoms with Crippen molar-refractivity contribution in [3.63, 3.8) is 0 Å². The Hall–Kier alpha value is -2.34. The number of halogens is 2. The lowest BCUT2D eigenvalue weighted by Crippen LogP contribution is -2.30. The number of pyridine rings is 1. The number of aromatic nitrogens is 1. The minimum Gasteiger partial charge on any atom is -0.392 e. The summed E-state index contributed by atoms with van der Waals surface area (Å²) >= 11 is 0. The Morgan fingerprint density at radius 1 is 1.29 bits per heavy atom. The molecule has 3 rings (SSSR count). The van der Waals surface area contributed by atoms with Gasteiger partial charge in [-0.2, -0.15) is 0 Å². The summed E-state index contributed by atoms with van der Waals surface area (Å²) in [7, 11) is 0. The smallest absolute Gasteiger partial charge is 0.275 e. The van der Waals surface area contributed by atoms with Gasteiger partial charge in [0.25, 0.3) is 5.91 Å². The predicted octanol–water partition coefficient (Wildman–Crippen LogP) is 2.56. The van der Waals surface area contributed by atoms with Crippen molar-refractivity contribution in [2.45, 2.75) is 19.4 Å². The van der Waals surface area contributed by atoms with Crippen LogP contribution in [-0.4, -0.2) is 34.0 Å². The Bertz CT molecular complexity index is 752. The summed E-state index contributed by atoms with van der Waals surface area (Å²) in [6.45, 7) is 1.04. The van der Waals surface area contributed by atoms with Crippen molar-refractivity contribution >= 4 is 5.91 Å². The third-order valence-corrected chi connectivity index (χ3v) is 4.28. The second-order valence-corrected chi connectivity index (χ2v) is 6.07. The molecule has 1 aliphatic heterocycles. The molecule has 0 aliphatic carbocycles. The molecule has 126 valence electrons. The van der Waals surface area contributed by atoms with E-state index in [0.29, 0.717) is 19.2 Å². The lowest BCUT2D eigenvalue weighted by atomic mass is 9.97. The number of benzene rings is 1. The van der Waals surface area contributed by atoms with Gasteiger partial charge in [0.15, 0.2) is 11.5 Å². The zero-order valence-corrected chi connectivity index (χ0v) is 13.1. The SMILES string of the molecule is O=C(c1ncc(F)cc1F)N1CC[C@H](Cc2cccc(CO)c2)C1. The zero-order chi connectivity index (χ0) is 17.1. The molecule has 1 N–H and O–H groups in total. The summed E-state index contributed by atoms with van der Waals surface area (Å²) in [6, 6.07) is 8.37. The second kappa shape index (κ2) is 7.05. The van der Waals surface area contributed by atoms with Crippen molar-refractivity contribution in [1.82, 2.24) is 9.88 Å². The van der Waals surface area contributed by atoms with Gasteiger partial charge in [0, 0.05) is 19.2 Å². The van der Waals surface area contributed by atoms with Crippen molar-refractivity contribution in [3.8, 4) is 0 Å². The molecule has 0 spiro atoms. The van der Waals surface area contributed by atoms with Crippen LogP contribution < -0.4 is 0 Å². The Morgan fingerprint density at radius 3 is 2.83 bits per heavy atom. The van der Waals surface area contributed by atoms with Gasteiger partial charge in [-0.3, -0.25) is 4.79 Å². The van der Waals surface area contributed by atoms with Crippen LogP contribution in [-0.2, 0) is 13.0 Å². The molecule has 6 heteroatoms. The van der Waals surface area contributed by atoms with Gasteiger partial charge in [-0.05, 0) is 29.9 Å². The lowest BCUT2D eigenvalue weighted by molar-refractivity contribution is 0.0776. The van der Waals surface area contributed by atoms with Crippen LogP contribution in [0.1, 0.15) is 28.0 Å². The fourth-order valence-electron chi connectivity index (χ4n) is 3.09. The first-order chi connectivity index (χ1) is 11.6. The number of hydrogen-bond acceptors (Lipinski definition) is 3. The summed E-state index contributed by atoms with van der Waals surface area (Å²) in [4.78, 5) is 17.5. The van der Waals surface area contributed by atoms with Crippen LogP contribution in [0.3, 0.4) is 0 Å². The number of hydrogen-bond donors (Lipinski definition) is 1. The summed E-state index contributed by atoms with van der Waals surface area (Å²) in [6.07, 6.45) is 2.46. The molecule has 0 radical (unpaired) electrons. The van der Waals surface area contributed by atoms with Gasteiger partial charge >= 0.3 is 0 Å². The van der Waals surface area contributed by atoms with Gasteiger partial charge in [-0.25, -0.2) is 13.8 Å². The van der Waals surface area contributed by atoms with E-state index in [9.17, 15) is 18.7 Å². The summed E-state index contributed by atoms with van der Waals surface area (Å²) in [5.74, 6) is -1.96. The highest BCUT2D eigenvalue weighted by Crippen LogP contribution is 2.23. The molecule has 4 nitrogen and oxygen atoms in total. The first-order valence-electron chi connectivity index (χ1n) is 7.86. The van der Waals surface area contributed by atoms with Crippen LogP contribution >= 0.6 is 0 Å². The van der Waals surface area contributed by atoms with Crippen molar-refractivity contribution in [2.75, 3.05) is 13.1 Å². The molecule has 1 saturated heterocycles. The molecule has 1 amide bonds. The van der Waals surface area contributed by atoms with E-state index in [1.54, 1.807) is 4.90 Å². The molecule has 2 heterocycles. The third-order valence-electron chi connectivity index (χ3n) is 4.28. The number of likely N-dealkylation sites (tertiary alicyclic amines) is 1. The van der Waals surface area contributed by atoms with E-state index in [2.05, 4.69) is 4.98 Å². The van der Waals surface area contributed by atoms with Crippen LogP contribution in [0.5, 0.6) is 0 Å². The van der Waals surface area contributed by atoms with Crippen molar-refractivity contribution in [1.29, 1.82) is 0 Å². The Labute approximate surface area is 138 Å². The minimum absolute atomic E-state index is 0.00136. The Morgan fingerprint density at radius 2 is 2.08 bits per heavy atom. The van der Waals surface area contributed by atoms with E-state index < -0.39 is 17.5 Å². The van der Waals surface area contributed by atoms with E-state index in [0.717, 1.165) is 30.2 Å². The van der Waals surface area contributed by atoms with Gasteiger partial charge < -0.3 is 10.0 Å². The number of carbonyl (C=O) groups is 1. The zero-order valence-electron chi connectivity index (χ0n) is 13.1. The van der Waals surface area contributed by atoms with E-state index in [1.165, 1.54) is 0 Å². The number of nitrogens with zero attached hydrogens (tertiary/aromatic N) is 2. The molecular formula is C18H18F2N2O2. The average Bonchev–Trinajstić information content (AvgIpc) is 3.03. The van der Waals surface area contributed by atoms with E-state index >= 15 is 0 Å². The normalized spacial score (nSPS) is 17.3. The number of aliphatic hydroxyl groups is 1. The highest BCUT2D eigenvalue weighted by Gasteiger charge is 2.29. The van der Waals surface area contributed by atoms with Gasteiger partial charge in [-0.15, -0.1) is 0 Å². The molecule has 24 heavy (non-hydrogen) atoms. The van der Waals surface area contributed by atoms with Gasteiger partial charge in [-0.1, -0.05) is 24.3 Å². The maximum absolute atomic E-state index is 13.7. The largest absolute Gasteiger partial charge is 0.392 e. The van der Waals surface area contributed by atoms with Crippen LogP contribution in [0.25, 0.3) is 0 Å². The fraction of sp³-hybridized carbons (Fsp3) is 0.333. The molecule has 1 fully saturated rings. The van der Waals surface area contributed by atoms with Crippen molar-refractivity contribution in [3.05, 3.63) is 65.0 Å².